The second-order valence-corrected chi connectivity index (χ2v) is 5.43. The minimum Gasteiger partial charge on any atom is -0.126 e. The second-order valence-electron chi connectivity index (χ2n) is 5.43. The van der Waals surface area contributed by atoms with E-state index in [9.17, 15) is 0 Å². The molecule has 0 saturated heterocycles. The van der Waals surface area contributed by atoms with Gasteiger partial charge < -0.3 is 0 Å². The monoisotopic (exact) mass is 314 g/mol. The van der Waals surface area contributed by atoms with Gasteiger partial charge in [-0.25, -0.2) is 0 Å². The molecule has 4 nitrogen and oxygen atoms in total. The maximum absolute atomic E-state index is 4.20. The molecular formula is C20H18N4. The van der Waals surface area contributed by atoms with E-state index in [0.29, 0.717) is 11.6 Å². The number of rotatable bonds is 6. The molecule has 0 aliphatic rings. The Balaban J connectivity index is 1.79. The Bertz CT molecular complexity index is 747. The van der Waals surface area contributed by atoms with Gasteiger partial charge in [0.1, 0.15) is 0 Å². The summed E-state index contributed by atoms with van der Waals surface area (Å²) in [7, 11) is 0. The minimum absolute atomic E-state index is 0.521. The van der Waals surface area contributed by atoms with E-state index < -0.39 is 0 Å². The van der Waals surface area contributed by atoms with Gasteiger partial charge in [-0.05, 0) is 24.0 Å². The summed E-state index contributed by atoms with van der Waals surface area (Å²) in [5.74, 6) is 1.04. The highest BCUT2D eigenvalue weighted by atomic mass is 15.3. The van der Waals surface area contributed by atoms with Crippen molar-refractivity contribution in [2.45, 2.75) is 12.8 Å². The van der Waals surface area contributed by atoms with E-state index in [2.05, 4.69) is 33.6 Å². The highest BCUT2D eigenvalue weighted by Crippen LogP contribution is 2.18. The van der Waals surface area contributed by atoms with E-state index >= 15 is 0 Å². The van der Waals surface area contributed by atoms with Crippen molar-refractivity contribution in [1.82, 2.24) is 20.4 Å². The van der Waals surface area contributed by atoms with Crippen molar-refractivity contribution in [3.05, 3.63) is 85.0 Å². The lowest BCUT2D eigenvalue weighted by molar-refractivity contribution is 0.876. The van der Waals surface area contributed by atoms with Crippen molar-refractivity contribution in [2.24, 2.45) is 0 Å². The third kappa shape index (κ3) is 3.60. The molecule has 0 unspecified atom stereocenters. The van der Waals surface area contributed by atoms with Crippen LogP contribution in [0.15, 0.2) is 73.8 Å². The summed E-state index contributed by atoms with van der Waals surface area (Å²) >= 11 is 0. The van der Waals surface area contributed by atoms with Gasteiger partial charge in [-0.15, -0.1) is 33.6 Å². The normalized spacial score (nSPS) is 10.3. The summed E-state index contributed by atoms with van der Waals surface area (Å²) in [6.45, 7) is 7.48. The Kier molecular flexibility index (Phi) is 4.87. The van der Waals surface area contributed by atoms with Crippen LogP contribution in [0.2, 0.25) is 0 Å². The van der Waals surface area contributed by atoms with Crippen molar-refractivity contribution < 1.29 is 0 Å². The third-order valence-corrected chi connectivity index (χ3v) is 3.66. The van der Waals surface area contributed by atoms with Crippen molar-refractivity contribution in [3.8, 4) is 22.8 Å². The van der Waals surface area contributed by atoms with Crippen LogP contribution in [0.5, 0.6) is 0 Å². The van der Waals surface area contributed by atoms with Crippen LogP contribution in [0, 0.1) is 0 Å². The van der Waals surface area contributed by atoms with Gasteiger partial charge in [-0.2, -0.15) is 0 Å². The van der Waals surface area contributed by atoms with E-state index in [4.69, 9.17) is 0 Å². The average Bonchev–Trinajstić information content (AvgIpc) is 2.64. The molecule has 2 aromatic carbocycles. The molecule has 0 amide bonds. The number of allylic oxidation sites excluding steroid dienone is 2. The molecule has 118 valence electrons. The first-order valence-electron chi connectivity index (χ1n) is 7.78. The quantitative estimate of drug-likeness (QED) is 0.644. The Morgan fingerprint density at radius 1 is 0.583 bits per heavy atom. The van der Waals surface area contributed by atoms with Crippen LogP contribution in [-0.4, -0.2) is 20.4 Å². The third-order valence-electron chi connectivity index (χ3n) is 3.66. The van der Waals surface area contributed by atoms with Gasteiger partial charge >= 0.3 is 0 Å². The SMILES string of the molecule is C=CCc1ccc(-c2nnc(-c3ccc(CC=C)cc3)nn2)cc1. The van der Waals surface area contributed by atoms with Gasteiger partial charge in [0.25, 0.3) is 0 Å². The van der Waals surface area contributed by atoms with Gasteiger partial charge in [0.2, 0.25) is 11.6 Å². The van der Waals surface area contributed by atoms with Crippen LogP contribution in [0.1, 0.15) is 11.1 Å². The molecule has 0 bridgehead atoms. The van der Waals surface area contributed by atoms with E-state index in [-0.39, 0.29) is 0 Å². The number of benzene rings is 2. The maximum atomic E-state index is 4.20. The van der Waals surface area contributed by atoms with Crippen molar-refractivity contribution in [3.63, 3.8) is 0 Å². The standard InChI is InChI=1S/C20H18N4/c1-3-5-15-7-11-17(12-8-15)19-21-23-20(24-22-19)18-13-9-16(6-4-2)10-14-18/h3-4,7-14H,1-2,5-6H2. The molecule has 0 N–H and O–H groups in total. The molecule has 0 radical (unpaired) electrons. The summed E-state index contributed by atoms with van der Waals surface area (Å²) in [6, 6.07) is 16.0. The topological polar surface area (TPSA) is 51.6 Å². The number of hydrogen-bond donors (Lipinski definition) is 0. The Morgan fingerprint density at radius 2 is 0.917 bits per heavy atom. The Labute approximate surface area is 141 Å². The molecule has 1 heterocycles. The van der Waals surface area contributed by atoms with Crippen LogP contribution in [-0.2, 0) is 12.8 Å². The highest BCUT2D eigenvalue weighted by molar-refractivity contribution is 5.57. The van der Waals surface area contributed by atoms with Gasteiger partial charge in [0.15, 0.2) is 0 Å². The predicted molar refractivity (Wildman–Crippen MR) is 96.3 cm³/mol. The molecule has 0 saturated carbocycles. The Morgan fingerprint density at radius 3 is 1.21 bits per heavy atom. The summed E-state index contributed by atoms with van der Waals surface area (Å²) < 4.78 is 0. The zero-order valence-electron chi connectivity index (χ0n) is 13.4. The lowest BCUT2D eigenvalue weighted by Gasteiger charge is -2.03. The fourth-order valence-electron chi connectivity index (χ4n) is 2.37. The second kappa shape index (κ2) is 7.42. The highest BCUT2D eigenvalue weighted by Gasteiger charge is 2.06. The number of hydrogen-bond acceptors (Lipinski definition) is 4. The van der Waals surface area contributed by atoms with Crippen LogP contribution >= 0.6 is 0 Å². The lowest BCUT2D eigenvalue weighted by atomic mass is 10.1. The van der Waals surface area contributed by atoms with Crippen molar-refractivity contribution >= 4 is 0 Å². The summed E-state index contributed by atoms with van der Waals surface area (Å²) in [5, 5.41) is 16.8. The van der Waals surface area contributed by atoms with Gasteiger partial charge in [0.05, 0.1) is 0 Å². The summed E-state index contributed by atoms with van der Waals surface area (Å²) in [4.78, 5) is 0. The maximum Gasteiger partial charge on any atom is 0.203 e. The van der Waals surface area contributed by atoms with E-state index in [0.717, 1.165) is 24.0 Å². The van der Waals surface area contributed by atoms with Crippen molar-refractivity contribution in [2.75, 3.05) is 0 Å². The fourth-order valence-corrected chi connectivity index (χ4v) is 2.37. The molecule has 0 fully saturated rings. The van der Waals surface area contributed by atoms with Crippen molar-refractivity contribution in [1.29, 1.82) is 0 Å². The molecule has 1 aromatic heterocycles. The smallest absolute Gasteiger partial charge is 0.126 e. The average molecular weight is 314 g/mol. The first-order chi connectivity index (χ1) is 11.8. The zero-order chi connectivity index (χ0) is 16.8. The molecule has 0 aliphatic heterocycles. The van der Waals surface area contributed by atoms with E-state index in [1.54, 1.807) is 0 Å². The predicted octanol–water partition coefficient (Wildman–Crippen LogP) is 4.06. The fraction of sp³-hybridized carbons (Fsp3) is 0.100. The zero-order valence-corrected chi connectivity index (χ0v) is 13.4. The van der Waals surface area contributed by atoms with Crippen LogP contribution in [0.4, 0.5) is 0 Å². The summed E-state index contributed by atoms with van der Waals surface area (Å²) in [5.41, 5.74) is 4.20. The lowest BCUT2D eigenvalue weighted by Crippen LogP contribution is -1.99. The van der Waals surface area contributed by atoms with Gasteiger partial charge in [0, 0.05) is 11.1 Å². The Hall–Kier alpha value is -3.14. The largest absolute Gasteiger partial charge is 0.203 e. The first kappa shape index (κ1) is 15.7. The van der Waals surface area contributed by atoms with Gasteiger partial charge in [-0.3, -0.25) is 0 Å². The molecule has 0 aliphatic carbocycles. The molecule has 0 atom stereocenters. The van der Waals surface area contributed by atoms with E-state index in [1.807, 2.05) is 60.7 Å². The number of aromatic nitrogens is 4. The summed E-state index contributed by atoms with van der Waals surface area (Å²) in [6.07, 6.45) is 5.45. The van der Waals surface area contributed by atoms with Crippen LogP contribution in [0.25, 0.3) is 22.8 Å². The molecule has 4 heteroatoms. The van der Waals surface area contributed by atoms with Crippen LogP contribution in [0.3, 0.4) is 0 Å². The van der Waals surface area contributed by atoms with E-state index in [1.165, 1.54) is 11.1 Å². The molecular weight excluding hydrogens is 296 g/mol. The van der Waals surface area contributed by atoms with Gasteiger partial charge in [-0.1, -0.05) is 60.7 Å². The molecule has 24 heavy (non-hydrogen) atoms. The molecule has 0 spiro atoms. The minimum atomic E-state index is 0.521. The molecule has 3 rings (SSSR count). The molecule has 3 aromatic rings. The number of nitrogens with zero attached hydrogens (tertiary/aromatic N) is 4. The first-order valence-corrected chi connectivity index (χ1v) is 7.78. The van der Waals surface area contributed by atoms with Crippen LogP contribution < -0.4 is 0 Å².